The molecule has 0 aliphatic rings. The second-order valence-corrected chi connectivity index (χ2v) is 6.18. The third-order valence-electron chi connectivity index (χ3n) is 2.86. The van der Waals surface area contributed by atoms with Crippen LogP contribution in [0.2, 0.25) is 0 Å². The first-order valence-corrected chi connectivity index (χ1v) is 8.23. The maximum Gasteiger partial charge on any atom is 0.00631 e. The van der Waals surface area contributed by atoms with Crippen molar-refractivity contribution in [2.75, 3.05) is 16.8 Å². The van der Waals surface area contributed by atoms with Crippen molar-refractivity contribution in [1.82, 2.24) is 0 Å². The van der Waals surface area contributed by atoms with Crippen LogP contribution in [-0.4, -0.2) is 16.8 Å². The van der Waals surface area contributed by atoms with Gasteiger partial charge in [-0.25, -0.2) is 0 Å². The summed E-state index contributed by atoms with van der Waals surface area (Å²) in [6.07, 6.45) is 2.53. The summed E-state index contributed by atoms with van der Waals surface area (Å²) in [5, 5.41) is 1.12. The number of aryl methyl sites for hydroxylation is 1. The van der Waals surface area contributed by atoms with Crippen molar-refractivity contribution in [3.63, 3.8) is 0 Å². The van der Waals surface area contributed by atoms with Gasteiger partial charge >= 0.3 is 0 Å². The lowest BCUT2D eigenvalue weighted by molar-refractivity contribution is 0.577. The number of rotatable bonds is 7. The minimum Gasteiger partial charge on any atom is -0.162 e. The van der Waals surface area contributed by atoms with E-state index in [0.717, 1.165) is 11.2 Å². The Kier molecular flexibility index (Phi) is 7.22. The first-order chi connectivity index (χ1) is 7.77. The highest BCUT2D eigenvalue weighted by Crippen LogP contribution is 2.19. The van der Waals surface area contributed by atoms with Crippen LogP contribution in [-0.2, 0) is 6.42 Å². The van der Waals surface area contributed by atoms with Gasteiger partial charge in [0, 0.05) is 5.33 Å². The van der Waals surface area contributed by atoms with E-state index in [1.54, 1.807) is 0 Å². The molecule has 0 amide bonds. The third-order valence-corrected chi connectivity index (χ3v) is 4.71. The lowest BCUT2D eigenvalue weighted by Gasteiger charge is -2.15. The van der Waals surface area contributed by atoms with Crippen molar-refractivity contribution in [2.24, 2.45) is 5.92 Å². The molecule has 1 unspecified atom stereocenters. The number of alkyl halides is 1. The van der Waals surface area contributed by atoms with Crippen LogP contribution in [0.3, 0.4) is 0 Å². The van der Waals surface area contributed by atoms with Gasteiger partial charge in [-0.3, -0.25) is 0 Å². The minimum absolute atomic E-state index is 0.778. The Labute approximate surface area is 112 Å². The van der Waals surface area contributed by atoms with E-state index in [9.17, 15) is 0 Å². The van der Waals surface area contributed by atoms with Crippen LogP contribution < -0.4 is 0 Å². The lowest BCUT2D eigenvalue weighted by Crippen LogP contribution is -2.08. The molecule has 0 nitrogen and oxygen atoms in total. The second kappa shape index (κ2) is 8.19. The molecule has 1 aromatic rings. The summed E-state index contributed by atoms with van der Waals surface area (Å²) in [5.74, 6) is 3.30. The van der Waals surface area contributed by atoms with Crippen molar-refractivity contribution in [1.29, 1.82) is 0 Å². The van der Waals surface area contributed by atoms with Gasteiger partial charge in [0.05, 0.1) is 0 Å². The van der Waals surface area contributed by atoms with Gasteiger partial charge in [-0.15, -0.1) is 0 Å². The number of hydrogen-bond donors (Lipinski definition) is 0. The van der Waals surface area contributed by atoms with Crippen LogP contribution in [0.5, 0.6) is 0 Å². The van der Waals surface area contributed by atoms with Gasteiger partial charge in [0.2, 0.25) is 0 Å². The van der Waals surface area contributed by atoms with Crippen LogP contribution in [0.1, 0.15) is 24.5 Å². The molecule has 16 heavy (non-hydrogen) atoms. The quantitative estimate of drug-likeness (QED) is 0.520. The molecular weight excluding hydrogens is 280 g/mol. The standard InChI is InChI=1S/C14H21BrS/c1-3-16-9-8-13(11-15)10-14-7-5-4-6-12(14)2/h4-7,13H,3,8-11H2,1-2H3. The van der Waals surface area contributed by atoms with Gasteiger partial charge in [-0.1, -0.05) is 47.1 Å². The van der Waals surface area contributed by atoms with Crippen LogP contribution in [0, 0.1) is 12.8 Å². The molecular formula is C14H21BrS. The molecule has 0 aliphatic heterocycles. The molecule has 2 heteroatoms. The summed E-state index contributed by atoms with van der Waals surface area (Å²) < 4.78 is 0. The Morgan fingerprint density at radius 1 is 1.31 bits per heavy atom. The van der Waals surface area contributed by atoms with Crippen molar-refractivity contribution in [3.8, 4) is 0 Å². The van der Waals surface area contributed by atoms with Crippen LogP contribution >= 0.6 is 27.7 Å². The van der Waals surface area contributed by atoms with Crippen LogP contribution in [0.4, 0.5) is 0 Å². The Hall–Kier alpha value is 0.0500. The summed E-state index contributed by atoms with van der Waals surface area (Å²) in [6, 6.07) is 8.74. The molecule has 1 rings (SSSR count). The number of hydrogen-bond acceptors (Lipinski definition) is 1. The Bertz CT molecular complexity index is 299. The first-order valence-electron chi connectivity index (χ1n) is 5.96. The highest BCUT2D eigenvalue weighted by atomic mass is 79.9. The number of thioether (sulfide) groups is 1. The van der Waals surface area contributed by atoms with E-state index in [-0.39, 0.29) is 0 Å². The van der Waals surface area contributed by atoms with Gasteiger partial charge in [0.1, 0.15) is 0 Å². The smallest absolute Gasteiger partial charge is 0.00631 e. The highest BCUT2D eigenvalue weighted by Gasteiger charge is 2.09. The molecule has 1 atom stereocenters. The van der Waals surface area contributed by atoms with Crippen LogP contribution in [0.15, 0.2) is 24.3 Å². The maximum absolute atomic E-state index is 3.64. The van der Waals surface area contributed by atoms with Gasteiger partial charge in [-0.05, 0) is 48.3 Å². The molecule has 0 spiro atoms. The van der Waals surface area contributed by atoms with E-state index < -0.39 is 0 Å². The first kappa shape index (κ1) is 14.1. The molecule has 0 saturated heterocycles. The average molecular weight is 301 g/mol. The zero-order valence-corrected chi connectivity index (χ0v) is 12.6. The predicted octanol–water partition coefficient (Wildman–Crippen LogP) is 4.69. The molecule has 0 bridgehead atoms. The van der Waals surface area contributed by atoms with Crippen molar-refractivity contribution < 1.29 is 0 Å². The molecule has 0 radical (unpaired) electrons. The molecule has 1 aromatic carbocycles. The topological polar surface area (TPSA) is 0 Å². The summed E-state index contributed by atoms with van der Waals surface area (Å²) in [6.45, 7) is 4.44. The Morgan fingerprint density at radius 3 is 2.69 bits per heavy atom. The van der Waals surface area contributed by atoms with Crippen molar-refractivity contribution in [3.05, 3.63) is 35.4 Å². The molecule has 0 fully saturated rings. The fraction of sp³-hybridized carbons (Fsp3) is 0.571. The van der Waals surface area contributed by atoms with E-state index >= 15 is 0 Å². The van der Waals surface area contributed by atoms with Gasteiger partial charge in [0.15, 0.2) is 0 Å². The summed E-state index contributed by atoms with van der Waals surface area (Å²) in [4.78, 5) is 0. The summed E-state index contributed by atoms with van der Waals surface area (Å²) >= 11 is 5.69. The highest BCUT2D eigenvalue weighted by molar-refractivity contribution is 9.09. The van der Waals surface area contributed by atoms with Crippen LogP contribution in [0.25, 0.3) is 0 Å². The molecule has 0 heterocycles. The Balaban J connectivity index is 2.46. The number of halogens is 1. The van der Waals surface area contributed by atoms with Gasteiger partial charge in [-0.2, -0.15) is 11.8 Å². The SMILES string of the molecule is CCSCCC(CBr)Cc1ccccc1C. The Morgan fingerprint density at radius 2 is 2.06 bits per heavy atom. The zero-order valence-electron chi connectivity index (χ0n) is 10.2. The maximum atomic E-state index is 3.64. The lowest BCUT2D eigenvalue weighted by atomic mass is 9.96. The van der Waals surface area contributed by atoms with E-state index in [1.165, 1.54) is 35.5 Å². The molecule has 0 aromatic heterocycles. The van der Waals surface area contributed by atoms with Gasteiger partial charge < -0.3 is 0 Å². The summed E-state index contributed by atoms with van der Waals surface area (Å²) in [5.41, 5.74) is 2.94. The largest absolute Gasteiger partial charge is 0.162 e. The fourth-order valence-electron chi connectivity index (χ4n) is 1.78. The normalized spacial score (nSPS) is 12.7. The van der Waals surface area contributed by atoms with Crippen molar-refractivity contribution >= 4 is 27.7 Å². The molecule has 0 N–H and O–H groups in total. The minimum atomic E-state index is 0.778. The fourth-order valence-corrected chi connectivity index (χ4v) is 3.12. The summed E-state index contributed by atoms with van der Waals surface area (Å²) in [7, 11) is 0. The molecule has 0 saturated carbocycles. The zero-order chi connectivity index (χ0) is 11.8. The van der Waals surface area contributed by atoms with E-state index in [4.69, 9.17) is 0 Å². The molecule has 0 aliphatic carbocycles. The van der Waals surface area contributed by atoms with Gasteiger partial charge in [0.25, 0.3) is 0 Å². The van der Waals surface area contributed by atoms with E-state index in [1.807, 2.05) is 11.8 Å². The second-order valence-electron chi connectivity index (χ2n) is 4.14. The van der Waals surface area contributed by atoms with E-state index in [2.05, 4.69) is 54.0 Å². The van der Waals surface area contributed by atoms with E-state index in [0.29, 0.717) is 0 Å². The average Bonchev–Trinajstić information content (AvgIpc) is 2.30. The predicted molar refractivity (Wildman–Crippen MR) is 79.8 cm³/mol. The van der Waals surface area contributed by atoms with Crippen molar-refractivity contribution in [2.45, 2.75) is 26.7 Å². The third kappa shape index (κ3) is 4.92. The number of benzene rings is 1. The molecule has 90 valence electrons. The monoisotopic (exact) mass is 300 g/mol.